The number of hydrogen-bond acceptors (Lipinski definition) is 5. The minimum atomic E-state index is -1.06. The number of anilines is 1. The third kappa shape index (κ3) is 5.32. The van der Waals surface area contributed by atoms with Crippen LogP contribution >= 0.6 is 0 Å². The first-order chi connectivity index (χ1) is 12.0. The molecule has 0 saturated carbocycles. The number of rotatable bonds is 6. The number of carbonyl (C=O) groups excluding carboxylic acids is 2. The van der Waals surface area contributed by atoms with Gasteiger partial charge in [0.1, 0.15) is 17.6 Å². The first-order valence-corrected chi connectivity index (χ1v) is 7.37. The lowest BCUT2D eigenvalue weighted by molar-refractivity contribution is -0.155. The average molecular weight is 342 g/mol. The number of ether oxygens (including phenoxy) is 2. The van der Waals surface area contributed by atoms with Crippen molar-refractivity contribution < 1.29 is 23.5 Å². The molecule has 6 nitrogen and oxygen atoms in total. The van der Waals surface area contributed by atoms with Crippen LogP contribution < -0.4 is 10.1 Å². The van der Waals surface area contributed by atoms with Crippen molar-refractivity contribution >= 4 is 17.6 Å². The fourth-order valence-corrected chi connectivity index (χ4v) is 1.88. The molecule has 0 unspecified atom stereocenters. The van der Waals surface area contributed by atoms with Crippen molar-refractivity contribution in [1.82, 2.24) is 0 Å². The van der Waals surface area contributed by atoms with E-state index >= 15 is 0 Å². The second-order valence-electron chi connectivity index (χ2n) is 5.02. The molecule has 0 aliphatic carbocycles. The van der Waals surface area contributed by atoms with E-state index in [1.165, 1.54) is 31.2 Å². The smallest absolute Gasteiger partial charge is 0.344 e. The lowest BCUT2D eigenvalue weighted by Gasteiger charge is -2.14. The predicted octanol–water partition coefficient (Wildman–Crippen LogP) is 2.65. The summed E-state index contributed by atoms with van der Waals surface area (Å²) in [6.07, 6.45) is -1.06. The zero-order valence-electron chi connectivity index (χ0n) is 13.4. The molecule has 0 aromatic heterocycles. The van der Waals surface area contributed by atoms with Gasteiger partial charge in [-0.15, -0.1) is 0 Å². The van der Waals surface area contributed by atoms with Gasteiger partial charge >= 0.3 is 5.97 Å². The van der Waals surface area contributed by atoms with Gasteiger partial charge in [-0.1, -0.05) is 12.1 Å². The molecule has 0 radical (unpaired) electrons. The number of carbonyl (C=O) groups is 2. The van der Waals surface area contributed by atoms with Crippen molar-refractivity contribution in [2.24, 2.45) is 0 Å². The molecule has 0 aliphatic rings. The van der Waals surface area contributed by atoms with E-state index in [1.54, 1.807) is 24.3 Å². The number of hydrogen-bond donors (Lipinski definition) is 1. The molecule has 1 N–H and O–H groups in total. The van der Waals surface area contributed by atoms with Crippen LogP contribution in [0, 0.1) is 17.1 Å². The van der Waals surface area contributed by atoms with Crippen molar-refractivity contribution in [3.05, 3.63) is 59.9 Å². The van der Waals surface area contributed by atoms with Crippen LogP contribution in [-0.4, -0.2) is 24.6 Å². The summed E-state index contributed by atoms with van der Waals surface area (Å²) >= 11 is 0. The van der Waals surface area contributed by atoms with Gasteiger partial charge in [-0.05, 0) is 43.3 Å². The Morgan fingerprint density at radius 2 is 1.88 bits per heavy atom. The second kappa shape index (κ2) is 8.45. The summed E-state index contributed by atoms with van der Waals surface area (Å²) in [5, 5.41) is 11.4. The van der Waals surface area contributed by atoms with Crippen LogP contribution in [0.2, 0.25) is 0 Å². The Bertz CT molecular complexity index is 799. The van der Waals surface area contributed by atoms with Crippen molar-refractivity contribution in [3.8, 4) is 11.8 Å². The van der Waals surface area contributed by atoms with Gasteiger partial charge in [-0.2, -0.15) is 5.26 Å². The van der Waals surface area contributed by atoms with Crippen molar-refractivity contribution in [3.63, 3.8) is 0 Å². The molecule has 2 aromatic carbocycles. The van der Waals surface area contributed by atoms with E-state index in [-0.39, 0.29) is 11.3 Å². The average Bonchev–Trinajstić information content (AvgIpc) is 2.62. The monoisotopic (exact) mass is 342 g/mol. The van der Waals surface area contributed by atoms with E-state index in [0.717, 1.165) is 0 Å². The Morgan fingerprint density at radius 1 is 1.20 bits per heavy atom. The molecule has 128 valence electrons. The fourth-order valence-electron chi connectivity index (χ4n) is 1.88. The van der Waals surface area contributed by atoms with Crippen LogP contribution in [0.1, 0.15) is 12.5 Å². The summed E-state index contributed by atoms with van der Waals surface area (Å²) in [6.45, 7) is 0.965. The van der Waals surface area contributed by atoms with Gasteiger partial charge < -0.3 is 14.8 Å². The van der Waals surface area contributed by atoms with Gasteiger partial charge in [0.05, 0.1) is 5.56 Å². The summed E-state index contributed by atoms with van der Waals surface area (Å²) in [7, 11) is 0. The summed E-state index contributed by atoms with van der Waals surface area (Å²) in [6, 6.07) is 13.6. The van der Waals surface area contributed by atoms with Crippen LogP contribution in [0.4, 0.5) is 10.1 Å². The molecule has 1 amide bonds. The number of nitriles is 1. The van der Waals surface area contributed by atoms with Crippen LogP contribution in [0.15, 0.2) is 48.5 Å². The Morgan fingerprint density at radius 3 is 2.56 bits per heavy atom. The maximum Gasteiger partial charge on any atom is 0.344 e. The summed E-state index contributed by atoms with van der Waals surface area (Å²) < 4.78 is 23.0. The van der Waals surface area contributed by atoms with Gasteiger partial charge in [0.15, 0.2) is 12.7 Å². The van der Waals surface area contributed by atoms with E-state index in [1.807, 2.05) is 6.07 Å². The molecule has 1 atom stereocenters. The Labute approximate surface area is 143 Å². The van der Waals surface area contributed by atoms with E-state index < -0.39 is 30.4 Å². The first kappa shape index (κ1) is 17.9. The molecule has 0 saturated heterocycles. The highest BCUT2D eigenvalue weighted by atomic mass is 19.1. The Balaban J connectivity index is 1.84. The maximum absolute atomic E-state index is 12.8. The largest absolute Gasteiger partial charge is 0.481 e. The molecule has 7 heteroatoms. The minimum Gasteiger partial charge on any atom is -0.481 e. The summed E-state index contributed by atoms with van der Waals surface area (Å²) in [5.74, 6) is -1.48. The standard InChI is InChI=1S/C18H15FN2O4/c1-12(18(23)21-15-8-6-14(19)7-9-15)25-17(22)11-24-16-5-3-2-4-13(16)10-20/h2-9,12H,11H2,1H3,(H,21,23)/t12-/m0/s1. The quantitative estimate of drug-likeness (QED) is 0.815. The highest BCUT2D eigenvalue weighted by Gasteiger charge is 2.18. The van der Waals surface area contributed by atoms with Gasteiger partial charge in [0, 0.05) is 5.69 Å². The molecule has 25 heavy (non-hydrogen) atoms. The maximum atomic E-state index is 12.8. The molecule has 0 spiro atoms. The van der Waals surface area contributed by atoms with E-state index in [2.05, 4.69) is 5.32 Å². The number of halogens is 1. The van der Waals surface area contributed by atoms with E-state index in [9.17, 15) is 14.0 Å². The van der Waals surface area contributed by atoms with Crippen LogP contribution in [0.5, 0.6) is 5.75 Å². The normalized spacial score (nSPS) is 11.1. The Kier molecular flexibility index (Phi) is 6.07. The van der Waals surface area contributed by atoms with Crippen molar-refractivity contribution in [1.29, 1.82) is 5.26 Å². The zero-order chi connectivity index (χ0) is 18.2. The minimum absolute atomic E-state index is 0.255. The molecular weight excluding hydrogens is 327 g/mol. The SMILES string of the molecule is C[C@H](OC(=O)COc1ccccc1C#N)C(=O)Nc1ccc(F)cc1. The zero-order valence-corrected chi connectivity index (χ0v) is 13.4. The number of nitrogens with one attached hydrogen (secondary N) is 1. The lowest BCUT2D eigenvalue weighted by atomic mass is 10.2. The predicted molar refractivity (Wildman–Crippen MR) is 87.2 cm³/mol. The van der Waals surface area contributed by atoms with Crippen LogP contribution in [-0.2, 0) is 14.3 Å². The molecule has 0 aliphatic heterocycles. The van der Waals surface area contributed by atoms with Crippen LogP contribution in [0.3, 0.4) is 0 Å². The van der Waals surface area contributed by atoms with Crippen molar-refractivity contribution in [2.75, 3.05) is 11.9 Å². The highest BCUT2D eigenvalue weighted by molar-refractivity contribution is 5.95. The van der Waals surface area contributed by atoms with Crippen LogP contribution in [0.25, 0.3) is 0 Å². The lowest BCUT2D eigenvalue weighted by Crippen LogP contribution is -2.31. The number of amides is 1. The third-order valence-corrected chi connectivity index (χ3v) is 3.14. The molecule has 0 bridgehead atoms. The number of esters is 1. The number of para-hydroxylation sites is 1. The van der Waals surface area contributed by atoms with Gasteiger partial charge in [0.2, 0.25) is 0 Å². The van der Waals surface area contributed by atoms with E-state index in [4.69, 9.17) is 14.7 Å². The third-order valence-electron chi connectivity index (χ3n) is 3.14. The molecule has 2 aromatic rings. The summed E-state index contributed by atoms with van der Waals surface area (Å²) in [4.78, 5) is 23.7. The topological polar surface area (TPSA) is 88.4 Å². The second-order valence-corrected chi connectivity index (χ2v) is 5.02. The van der Waals surface area contributed by atoms with Crippen molar-refractivity contribution in [2.45, 2.75) is 13.0 Å². The number of benzene rings is 2. The molecule has 2 rings (SSSR count). The number of nitrogens with zero attached hydrogens (tertiary/aromatic N) is 1. The summed E-state index contributed by atoms with van der Waals surface area (Å²) in [5.41, 5.74) is 0.672. The first-order valence-electron chi connectivity index (χ1n) is 7.37. The fraction of sp³-hybridized carbons (Fsp3) is 0.167. The molecule has 0 fully saturated rings. The molecule has 0 heterocycles. The molecular formula is C18H15FN2O4. The Hall–Kier alpha value is -3.40. The van der Waals surface area contributed by atoms with Gasteiger partial charge in [0.25, 0.3) is 5.91 Å². The van der Waals surface area contributed by atoms with Gasteiger partial charge in [-0.3, -0.25) is 4.79 Å². The van der Waals surface area contributed by atoms with E-state index in [0.29, 0.717) is 5.69 Å². The highest BCUT2D eigenvalue weighted by Crippen LogP contribution is 2.16. The van der Waals surface area contributed by atoms with Gasteiger partial charge in [-0.25, -0.2) is 9.18 Å².